The molecule has 0 bridgehead atoms. The van der Waals surface area contributed by atoms with Crippen molar-refractivity contribution in [1.29, 1.82) is 0 Å². The molecule has 0 aromatic heterocycles. The second-order valence-corrected chi connectivity index (χ2v) is 8.69. The number of nitrogens with zero attached hydrogens (tertiary/aromatic N) is 1. The largest absolute Gasteiger partial charge is 0.312 e. The first kappa shape index (κ1) is 16.3. The van der Waals surface area contributed by atoms with Crippen LogP contribution >= 0.6 is 0 Å². The fraction of sp³-hybridized carbons (Fsp3) is 1.00. The first-order valence-electron chi connectivity index (χ1n) is 8.72. The van der Waals surface area contributed by atoms with E-state index in [0.29, 0.717) is 16.9 Å². The molecule has 2 aliphatic carbocycles. The molecule has 2 heteroatoms. The van der Waals surface area contributed by atoms with Gasteiger partial charge in [0.2, 0.25) is 0 Å². The summed E-state index contributed by atoms with van der Waals surface area (Å²) in [6, 6.07) is 2.20. The molecule has 2 unspecified atom stereocenters. The van der Waals surface area contributed by atoms with Gasteiger partial charge < -0.3 is 5.32 Å². The zero-order chi connectivity index (χ0) is 15.0. The van der Waals surface area contributed by atoms with Crippen molar-refractivity contribution in [3.63, 3.8) is 0 Å². The van der Waals surface area contributed by atoms with E-state index < -0.39 is 0 Å². The molecule has 0 heterocycles. The normalized spacial score (nSPS) is 33.8. The second-order valence-electron chi connectivity index (χ2n) is 8.69. The van der Waals surface area contributed by atoms with Crippen LogP contribution in [0.5, 0.6) is 0 Å². The molecule has 0 aromatic carbocycles. The van der Waals surface area contributed by atoms with Crippen molar-refractivity contribution < 1.29 is 0 Å². The molecular weight excluding hydrogens is 244 g/mol. The van der Waals surface area contributed by atoms with Crippen LogP contribution in [0.15, 0.2) is 0 Å². The molecule has 2 atom stereocenters. The standard InChI is InChI=1S/C18H36N2/c1-7-19-16-15(10-13-18(16,4)5)20(6)14-8-11-17(2,3)12-9-14/h14-16,19H,7-13H2,1-6H3. The summed E-state index contributed by atoms with van der Waals surface area (Å²) in [5.74, 6) is 0. The first-order valence-corrected chi connectivity index (χ1v) is 8.72. The maximum Gasteiger partial charge on any atom is 0.0274 e. The zero-order valence-corrected chi connectivity index (χ0v) is 14.6. The van der Waals surface area contributed by atoms with Crippen molar-refractivity contribution in [3.05, 3.63) is 0 Å². The molecular formula is C18H36N2. The Morgan fingerprint density at radius 1 is 1.00 bits per heavy atom. The van der Waals surface area contributed by atoms with Crippen LogP contribution in [0.25, 0.3) is 0 Å². The molecule has 0 spiro atoms. The van der Waals surface area contributed by atoms with Crippen molar-refractivity contribution in [3.8, 4) is 0 Å². The molecule has 0 saturated heterocycles. The Morgan fingerprint density at radius 2 is 1.60 bits per heavy atom. The molecule has 0 aromatic rings. The predicted molar refractivity (Wildman–Crippen MR) is 88.1 cm³/mol. The monoisotopic (exact) mass is 280 g/mol. The number of likely N-dealkylation sites (N-methyl/N-ethyl adjacent to an activating group) is 2. The lowest BCUT2D eigenvalue weighted by Gasteiger charge is -2.44. The van der Waals surface area contributed by atoms with E-state index in [9.17, 15) is 0 Å². The van der Waals surface area contributed by atoms with Gasteiger partial charge in [0.25, 0.3) is 0 Å². The van der Waals surface area contributed by atoms with Crippen molar-refractivity contribution >= 4 is 0 Å². The summed E-state index contributed by atoms with van der Waals surface area (Å²) in [5, 5.41) is 3.78. The minimum absolute atomic E-state index is 0.447. The third kappa shape index (κ3) is 3.39. The third-order valence-electron chi connectivity index (χ3n) is 6.14. The second kappa shape index (κ2) is 5.96. The zero-order valence-electron chi connectivity index (χ0n) is 14.6. The Balaban J connectivity index is 2.00. The van der Waals surface area contributed by atoms with E-state index in [-0.39, 0.29) is 0 Å². The number of rotatable bonds is 4. The molecule has 1 N–H and O–H groups in total. The van der Waals surface area contributed by atoms with Gasteiger partial charge in [-0.1, -0.05) is 34.6 Å². The lowest BCUT2D eigenvalue weighted by atomic mass is 9.75. The quantitative estimate of drug-likeness (QED) is 0.835. The molecule has 0 radical (unpaired) electrons. The molecule has 20 heavy (non-hydrogen) atoms. The van der Waals surface area contributed by atoms with Crippen molar-refractivity contribution in [1.82, 2.24) is 10.2 Å². The van der Waals surface area contributed by atoms with Gasteiger partial charge >= 0.3 is 0 Å². The van der Waals surface area contributed by atoms with Gasteiger partial charge in [0, 0.05) is 18.1 Å². The van der Waals surface area contributed by atoms with Crippen LogP contribution in [0.1, 0.15) is 73.1 Å². The Morgan fingerprint density at radius 3 is 2.15 bits per heavy atom. The Kier molecular flexibility index (Phi) is 4.86. The summed E-state index contributed by atoms with van der Waals surface area (Å²) >= 11 is 0. The molecule has 2 nitrogen and oxygen atoms in total. The van der Waals surface area contributed by atoms with Gasteiger partial charge in [-0.2, -0.15) is 0 Å². The van der Waals surface area contributed by atoms with E-state index in [1.165, 1.54) is 38.5 Å². The van der Waals surface area contributed by atoms with Crippen LogP contribution < -0.4 is 5.32 Å². The van der Waals surface area contributed by atoms with Gasteiger partial charge in [0.15, 0.2) is 0 Å². The lowest BCUT2D eigenvalue weighted by Crippen LogP contribution is -2.54. The SMILES string of the molecule is CCNC1C(N(C)C2CCC(C)(C)CC2)CCC1(C)C. The predicted octanol–water partition coefficient (Wildman–Crippen LogP) is 4.05. The van der Waals surface area contributed by atoms with Gasteiger partial charge in [-0.25, -0.2) is 0 Å². The van der Waals surface area contributed by atoms with Gasteiger partial charge in [0.05, 0.1) is 0 Å². The molecule has 2 rings (SSSR count). The summed E-state index contributed by atoms with van der Waals surface area (Å²) in [7, 11) is 2.39. The number of nitrogens with one attached hydrogen (secondary N) is 1. The molecule has 2 saturated carbocycles. The van der Waals surface area contributed by atoms with Crippen LogP contribution in [-0.2, 0) is 0 Å². The highest BCUT2D eigenvalue weighted by Gasteiger charge is 2.44. The Labute approximate surface area is 126 Å². The van der Waals surface area contributed by atoms with E-state index in [1.807, 2.05) is 0 Å². The topological polar surface area (TPSA) is 15.3 Å². The minimum atomic E-state index is 0.447. The van der Waals surface area contributed by atoms with Crippen LogP contribution in [0.2, 0.25) is 0 Å². The summed E-state index contributed by atoms with van der Waals surface area (Å²) in [6.07, 6.45) is 8.28. The molecule has 118 valence electrons. The molecule has 0 amide bonds. The Hall–Kier alpha value is -0.0800. The Bertz CT molecular complexity index is 311. The highest BCUT2D eigenvalue weighted by molar-refractivity contribution is 5.02. The van der Waals surface area contributed by atoms with Gasteiger partial charge in [0.1, 0.15) is 0 Å². The summed E-state index contributed by atoms with van der Waals surface area (Å²) < 4.78 is 0. The number of hydrogen-bond donors (Lipinski definition) is 1. The summed E-state index contributed by atoms with van der Waals surface area (Å²) in [6.45, 7) is 13.1. The van der Waals surface area contributed by atoms with Crippen molar-refractivity contribution in [2.75, 3.05) is 13.6 Å². The van der Waals surface area contributed by atoms with Crippen LogP contribution in [0, 0.1) is 10.8 Å². The molecule has 2 fully saturated rings. The van der Waals surface area contributed by atoms with E-state index in [0.717, 1.165) is 18.6 Å². The summed E-state index contributed by atoms with van der Waals surface area (Å²) in [5.41, 5.74) is 1.02. The van der Waals surface area contributed by atoms with E-state index in [4.69, 9.17) is 0 Å². The molecule has 0 aliphatic heterocycles. The minimum Gasteiger partial charge on any atom is -0.312 e. The average molecular weight is 280 g/mol. The number of hydrogen-bond acceptors (Lipinski definition) is 2. The van der Waals surface area contributed by atoms with E-state index in [1.54, 1.807) is 0 Å². The third-order valence-corrected chi connectivity index (χ3v) is 6.14. The average Bonchev–Trinajstić information content (AvgIpc) is 2.65. The highest BCUT2D eigenvalue weighted by Crippen LogP contribution is 2.43. The van der Waals surface area contributed by atoms with Crippen LogP contribution in [0.3, 0.4) is 0 Å². The van der Waals surface area contributed by atoms with Gasteiger partial charge in [-0.05, 0) is 62.9 Å². The summed E-state index contributed by atoms with van der Waals surface area (Å²) in [4.78, 5) is 2.73. The lowest BCUT2D eigenvalue weighted by molar-refractivity contribution is 0.0760. The van der Waals surface area contributed by atoms with Crippen molar-refractivity contribution in [2.45, 2.75) is 91.3 Å². The first-order chi connectivity index (χ1) is 9.27. The smallest absolute Gasteiger partial charge is 0.0274 e. The van der Waals surface area contributed by atoms with Gasteiger partial charge in [-0.15, -0.1) is 0 Å². The maximum absolute atomic E-state index is 3.78. The fourth-order valence-corrected chi connectivity index (χ4v) is 4.50. The van der Waals surface area contributed by atoms with Crippen LogP contribution in [0.4, 0.5) is 0 Å². The van der Waals surface area contributed by atoms with E-state index >= 15 is 0 Å². The van der Waals surface area contributed by atoms with Crippen LogP contribution in [-0.4, -0.2) is 36.6 Å². The maximum atomic E-state index is 3.78. The molecule has 2 aliphatic rings. The van der Waals surface area contributed by atoms with E-state index in [2.05, 4.69) is 51.9 Å². The van der Waals surface area contributed by atoms with Crippen molar-refractivity contribution in [2.24, 2.45) is 10.8 Å². The van der Waals surface area contributed by atoms with Gasteiger partial charge in [-0.3, -0.25) is 4.90 Å². The fourth-order valence-electron chi connectivity index (χ4n) is 4.50. The highest BCUT2D eigenvalue weighted by atomic mass is 15.2.